The van der Waals surface area contributed by atoms with Crippen molar-refractivity contribution in [3.05, 3.63) is 23.3 Å². The second kappa shape index (κ2) is 3.67. The van der Waals surface area contributed by atoms with Crippen LogP contribution in [0.2, 0.25) is 0 Å². The molecule has 0 radical (unpaired) electrons. The molecule has 1 saturated carbocycles. The zero-order valence-electron chi connectivity index (χ0n) is 13.1. The van der Waals surface area contributed by atoms with Gasteiger partial charge in [0, 0.05) is 30.7 Å². The van der Waals surface area contributed by atoms with Gasteiger partial charge >= 0.3 is 0 Å². The Balaban J connectivity index is 1.83. The molecule has 1 saturated heterocycles. The molecule has 0 amide bonds. The maximum atomic E-state index is 12.6. The van der Waals surface area contributed by atoms with Gasteiger partial charge in [0.1, 0.15) is 5.75 Å². The van der Waals surface area contributed by atoms with E-state index in [1.165, 1.54) is 0 Å². The number of piperidine rings is 1. The van der Waals surface area contributed by atoms with Crippen LogP contribution in [0.4, 0.5) is 0 Å². The monoisotopic (exact) mass is 299 g/mol. The number of hydrogen-bond acceptors (Lipinski definition) is 3. The second-order valence-electron chi connectivity index (χ2n) is 8.09. The van der Waals surface area contributed by atoms with Crippen LogP contribution in [-0.4, -0.2) is 43.1 Å². The Morgan fingerprint density at radius 2 is 2.18 bits per heavy atom. The summed E-state index contributed by atoms with van der Waals surface area (Å²) >= 11 is 0. The number of quaternary nitrogens is 1. The number of nitrogens with zero attached hydrogens (tertiary/aromatic N) is 1. The molecule has 2 bridgehead atoms. The van der Waals surface area contributed by atoms with Crippen molar-refractivity contribution in [2.45, 2.75) is 43.2 Å². The van der Waals surface area contributed by atoms with E-state index in [-0.39, 0.29) is 23.1 Å². The maximum Gasteiger partial charge on any atom is 0.174 e. The fourth-order valence-corrected chi connectivity index (χ4v) is 5.90. The molecular weight excluding hydrogens is 278 g/mol. The van der Waals surface area contributed by atoms with Crippen molar-refractivity contribution in [3.63, 3.8) is 0 Å². The summed E-state index contributed by atoms with van der Waals surface area (Å²) < 4.78 is 7.07. The van der Waals surface area contributed by atoms with Crippen molar-refractivity contribution >= 4 is 5.78 Å². The third kappa shape index (κ3) is 1.23. The van der Waals surface area contributed by atoms with Crippen LogP contribution in [-0.2, 0) is 16.6 Å². The largest absolute Gasteiger partial charge is 0.872 e. The standard InChI is InChI=1S/C18H21NO3/c1-19(2)8-7-18-11-3-4-14(21)17(18)22-15-6-5-13(20)10(16(15)18)9-12(11)19/h5-6,11-12,17H,3-4,7-9H2,1-2H3/t11-,12-,17?,18+/m0/s1. The minimum atomic E-state index is -0.343. The summed E-state index contributed by atoms with van der Waals surface area (Å²) in [4.78, 5) is 12.6. The SMILES string of the molecule is C[N+]1(C)CC[C@]23c4c5ccc([O-])c4C[C@H]1[C@@H]2CCC(=O)C3O5. The first kappa shape index (κ1) is 12.9. The maximum absolute atomic E-state index is 12.6. The van der Waals surface area contributed by atoms with Gasteiger partial charge < -0.3 is 14.3 Å². The molecule has 2 fully saturated rings. The van der Waals surface area contributed by atoms with Crippen molar-refractivity contribution in [1.29, 1.82) is 0 Å². The third-order valence-corrected chi connectivity index (χ3v) is 6.94. The van der Waals surface area contributed by atoms with Gasteiger partial charge in [0.25, 0.3) is 0 Å². The van der Waals surface area contributed by atoms with E-state index in [4.69, 9.17) is 4.74 Å². The van der Waals surface area contributed by atoms with Crippen LogP contribution < -0.4 is 9.84 Å². The number of likely N-dealkylation sites (N-methyl/N-ethyl adjacent to an activating group) is 1. The molecule has 0 N–H and O–H groups in total. The van der Waals surface area contributed by atoms with Crippen molar-refractivity contribution in [2.24, 2.45) is 5.92 Å². The smallest absolute Gasteiger partial charge is 0.174 e. The highest BCUT2D eigenvalue weighted by Gasteiger charge is 2.68. The Bertz CT molecular complexity index is 711. The molecule has 1 aromatic rings. The van der Waals surface area contributed by atoms with E-state index in [0.717, 1.165) is 47.2 Å². The fraction of sp³-hybridized carbons (Fsp3) is 0.611. The van der Waals surface area contributed by atoms with Gasteiger partial charge in [-0.25, -0.2) is 0 Å². The van der Waals surface area contributed by atoms with Crippen LogP contribution in [0.25, 0.3) is 0 Å². The summed E-state index contributed by atoms with van der Waals surface area (Å²) in [6.07, 6.45) is 3.03. The molecule has 5 rings (SSSR count). The Morgan fingerprint density at radius 3 is 3.00 bits per heavy atom. The fourth-order valence-electron chi connectivity index (χ4n) is 5.90. The molecular formula is C18H21NO3. The number of ether oxygens (including phenoxy) is 1. The topological polar surface area (TPSA) is 49.4 Å². The zero-order chi connectivity index (χ0) is 15.3. The molecule has 2 aliphatic heterocycles. The molecule has 116 valence electrons. The van der Waals surface area contributed by atoms with E-state index >= 15 is 0 Å². The summed E-state index contributed by atoms with van der Waals surface area (Å²) in [5.41, 5.74) is 1.83. The summed E-state index contributed by atoms with van der Waals surface area (Å²) in [5, 5.41) is 12.5. The van der Waals surface area contributed by atoms with Crippen LogP contribution in [0.15, 0.2) is 12.1 Å². The lowest BCUT2D eigenvalue weighted by atomic mass is 9.51. The van der Waals surface area contributed by atoms with E-state index in [0.29, 0.717) is 18.4 Å². The van der Waals surface area contributed by atoms with Gasteiger partial charge in [-0.2, -0.15) is 0 Å². The number of carbonyl (C=O) groups excluding carboxylic acids is 1. The lowest BCUT2D eigenvalue weighted by molar-refractivity contribution is -0.927. The molecule has 22 heavy (non-hydrogen) atoms. The molecule has 4 heteroatoms. The van der Waals surface area contributed by atoms with Gasteiger partial charge in [0.15, 0.2) is 11.9 Å². The van der Waals surface area contributed by atoms with Crippen LogP contribution >= 0.6 is 0 Å². The van der Waals surface area contributed by atoms with Crippen molar-refractivity contribution in [3.8, 4) is 11.5 Å². The Labute approximate surface area is 130 Å². The number of hydrogen-bond donors (Lipinski definition) is 0. The van der Waals surface area contributed by atoms with Crippen molar-refractivity contribution in [2.75, 3.05) is 20.6 Å². The van der Waals surface area contributed by atoms with E-state index < -0.39 is 0 Å². The minimum Gasteiger partial charge on any atom is -0.872 e. The molecule has 2 aliphatic carbocycles. The summed E-state index contributed by atoms with van der Waals surface area (Å²) in [6.45, 7) is 1.05. The van der Waals surface area contributed by atoms with Crippen LogP contribution in [0, 0.1) is 5.92 Å². The van der Waals surface area contributed by atoms with Gasteiger partial charge in [-0.3, -0.25) is 4.79 Å². The molecule has 4 nitrogen and oxygen atoms in total. The molecule has 4 aliphatic rings. The molecule has 1 aromatic carbocycles. The Morgan fingerprint density at radius 1 is 1.36 bits per heavy atom. The predicted octanol–water partition coefficient (Wildman–Crippen LogP) is 1.14. The minimum absolute atomic E-state index is 0.130. The summed E-state index contributed by atoms with van der Waals surface area (Å²) in [5.74, 6) is 1.64. The molecule has 0 aromatic heterocycles. The van der Waals surface area contributed by atoms with Gasteiger partial charge in [-0.05, 0) is 18.1 Å². The average Bonchev–Trinajstić information content (AvgIpc) is 2.82. The van der Waals surface area contributed by atoms with E-state index in [9.17, 15) is 9.90 Å². The highest BCUT2D eigenvalue weighted by atomic mass is 16.5. The van der Waals surface area contributed by atoms with Crippen molar-refractivity contribution < 1.29 is 19.1 Å². The number of rotatable bonds is 0. The molecule has 4 atom stereocenters. The van der Waals surface area contributed by atoms with E-state index in [2.05, 4.69) is 14.1 Å². The molecule has 1 unspecified atom stereocenters. The summed E-state index contributed by atoms with van der Waals surface area (Å²) in [6, 6.07) is 3.86. The van der Waals surface area contributed by atoms with Gasteiger partial charge in [-0.1, -0.05) is 6.07 Å². The number of benzene rings is 1. The predicted molar refractivity (Wildman–Crippen MR) is 78.8 cm³/mol. The van der Waals surface area contributed by atoms with Crippen LogP contribution in [0.1, 0.15) is 30.4 Å². The first-order chi connectivity index (χ1) is 10.4. The summed E-state index contributed by atoms with van der Waals surface area (Å²) in [7, 11) is 4.55. The average molecular weight is 299 g/mol. The highest BCUT2D eigenvalue weighted by Crippen LogP contribution is 2.63. The number of carbonyl (C=O) groups is 1. The zero-order valence-corrected chi connectivity index (χ0v) is 13.1. The Hall–Kier alpha value is -1.55. The normalized spacial score (nSPS) is 40.1. The first-order valence-corrected chi connectivity index (χ1v) is 8.30. The molecule has 1 spiro atoms. The molecule has 2 heterocycles. The second-order valence-corrected chi connectivity index (χ2v) is 8.09. The van der Waals surface area contributed by atoms with Gasteiger partial charge in [0.2, 0.25) is 0 Å². The van der Waals surface area contributed by atoms with Crippen LogP contribution in [0.5, 0.6) is 11.5 Å². The third-order valence-electron chi connectivity index (χ3n) is 6.94. The number of Topliss-reactive ketones (excluding diaryl/α,β-unsaturated/α-hetero) is 1. The van der Waals surface area contributed by atoms with Crippen molar-refractivity contribution in [1.82, 2.24) is 0 Å². The number of ketones is 1. The van der Waals surface area contributed by atoms with E-state index in [1.54, 1.807) is 12.1 Å². The first-order valence-electron chi connectivity index (χ1n) is 8.30. The van der Waals surface area contributed by atoms with Gasteiger partial charge in [-0.15, -0.1) is 5.75 Å². The van der Waals surface area contributed by atoms with Gasteiger partial charge in [0.05, 0.1) is 32.1 Å². The van der Waals surface area contributed by atoms with E-state index in [1.807, 2.05) is 0 Å². The quantitative estimate of drug-likeness (QED) is 0.675. The van der Waals surface area contributed by atoms with Crippen LogP contribution in [0.3, 0.4) is 0 Å². The lowest BCUT2D eigenvalue weighted by Crippen LogP contribution is -2.70. The number of likely N-dealkylation sites (tertiary alicyclic amines) is 1. The lowest BCUT2D eigenvalue weighted by Gasteiger charge is -2.59. The Kier molecular flexibility index (Phi) is 2.16. The highest BCUT2D eigenvalue weighted by molar-refractivity contribution is 5.88.